The fourth-order valence-electron chi connectivity index (χ4n) is 2.61. The number of guanidine groups is 1. The van der Waals surface area contributed by atoms with Crippen LogP contribution < -0.4 is 15.5 Å². The molecule has 0 aromatic heterocycles. The van der Waals surface area contributed by atoms with E-state index in [-0.39, 0.29) is 24.0 Å². The van der Waals surface area contributed by atoms with Crippen molar-refractivity contribution in [1.29, 1.82) is 0 Å². The number of rotatable bonds is 7. The number of halogens is 1. The van der Waals surface area contributed by atoms with Crippen LogP contribution in [0, 0.1) is 0 Å². The van der Waals surface area contributed by atoms with Crippen LogP contribution in [0.3, 0.4) is 0 Å². The standard InChI is InChI=1S/C18H30N4O.HI/c1-4-19-18(21-14-17-6-5-13-23-17)20-12-11-15-7-9-16(10-8-15)22(2)3;/h7-10,17H,4-6,11-14H2,1-3H3,(H2,19,20,21);1H. The smallest absolute Gasteiger partial charge is 0.191 e. The lowest BCUT2D eigenvalue weighted by Gasteiger charge is -2.14. The minimum Gasteiger partial charge on any atom is -0.378 e. The Balaban J connectivity index is 0.00000288. The molecular weight excluding hydrogens is 415 g/mol. The van der Waals surface area contributed by atoms with Crippen LogP contribution in [0.25, 0.3) is 0 Å². The third kappa shape index (κ3) is 7.25. The van der Waals surface area contributed by atoms with Crippen molar-refractivity contribution in [3.63, 3.8) is 0 Å². The quantitative estimate of drug-likeness (QED) is 0.384. The molecule has 1 aromatic carbocycles. The van der Waals surface area contributed by atoms with E-state index in [9.17, 15) is 0 Å². The Labute approximate surface area is 163 Å². The highest BCUT2D eigenvalue weighted by Gasteiger charge is 2.14. The molecular formula is C18H31IN4O. The van der Waals surface area contributed by atoms with Crippen LogP contribution in [0.15, 0.2) is 29.3 Å². The van der Waals surface area contributed by atoms with Crippen molar-refractivity contribution >= 4 is 35.6 Å². The van der Waals surface area contributed by atoms with E-state index >= 15 is 0 Å². The number of aliphatic imine (C=N–C) groups is 1. The van der Waals surface area contributed by atoms with Crippen molar-refractivity contribution in [2.24, 2.45) is 4.99 Å². The summed E-state index contributed by atoms with van der Waals surface area (Å²) in [6.07, 6.45) is 3.57. The van der Waals surface area contributed by atoms with E-state index in [0.717, 1.165) is 51.5 Å². The number of nitrogens with zero attached hydrogens (tertiary/aromatic N) is 2. The fraction of sp³-hybridized carbons (Fsp3) is 0.611. The van der Waals surface area contributed by atoms with Gasteiger partial charge in [-0.3, -0.25) is 4.99 Å². The highest BCUT2D eigenvalue weighted by molar-refractivity contribution is 14.0. The molecule has 1 aromatic rings. The SMILES string of the molecule is CCNC(=NCC1CCCO1)NCCc1ccc(N(C)C)cc1.I. The van der Waals surface area contributed by atoms with Gasteiger partial charge in [-0.2, -0.15) is 0 Å². The molecule has 0 amide bonds. The first-order chi connectivity index (χ1) is 11.2. The summed E-state index contributed by atoms with van der Waals surface area (Å²) in [6.45, 7) is 5.46. The average molecular weight is 446 g/mol. The van der Waals surface area contributed by atoms with E-state index in [4.69, 9.17) is 4.74 Å². The second-order valence-electron chi connectivity index (χ2n) is 6.09. The van der Waals surface area contributed by atoms with Gasteiger partial charge >= 0.3 is 0 Å². The Morgan fingerprint density at radius 2 is 2.00 bits per heavy atom. The van der Waals surface area contributed by atoms with E-state index in [1.54, 1.807) is 0 Å². The van der Waals surface area contributed by atoms with Crippen LogP contribution in [-0.2, 0) is 11.2 Å². The number of ether oxygens (including phenoxy) is 1. The van der Waals surface area contributed by atoms with Gasteiger partial charge in [-0.15, -0.1) is 24.0 Å². The largest absolute Gasteiger partial charge is 0.378 e. The zero-order valence-electron chi connectivity index (χ0n) is 15.0. The summed E-state index contributed by atoms with van der Waals surface area (Å²) >= 11 is 0. The molecule has 1 atom stereocenters. The van der Waals surface area contributed by atoms with Crippen LogP contribution in [0.2, 0.25) is 0 Å². The Hall–Kier alpha value is -1.02. The topological polar surface area (TPSA) is 48.9 Å². The van der Waals surface area contributed by atoms with Crippen LogP contribution in [0.4, 0.5) is 5.69 Å². The normalized spacial score (nSPS) is 17.3. The molecule has 0 bridgehead atoms. The van der Waals surface area contributed by atoms with Gasteiger partial charge in [-0.1, -0.05) is 12.1 Å². The molecule has 0 spiro atoms. The maximum Gasteiger partial charge on any atom is 0.191 e. The molecule has 0 aliphatic carbocycles. The zero-order chi connectivity index (χ0) is 16.5. The minimum atomic E-state index is 0. The number of benzene rings is 1. The van der Waals surface area contributed by atoms with Crippen LogP contribution in [0.5, 0.6) is 0 Å². The summed E-state index contributed by atoms with van der Waals surface area (Å²) in [5.41, 5.74) is 2.56. The molecule has 0 saturated carbocycles. The van der Waals surface area contributed by atoms with E-state index in [1.165, 1.54) is 11.3 Å². The van der Waals surface area contributed by atoms with Crippen molar-refractivity contribution in [2.45, 2.75) is 32.3 Å². The molecule has 1 saturated heterocycles. The van der Waals surface area contributed by atoms with Gasteiger partial charge in [0.15, 0.2) is 5.96 Å². The summed E-state index contributed by atoms with van der Waals surface area (Å²) in [5.74, 6) is 0.882. The third-order valence-electron chi connectivity index (χ3n) is 3.98. The second kappa shape index (κ2) is 11.5. The predicted octanol–water partition coefficient (Wildman–Crippen LogP) is 2.65. The van der Waals surface area contributed by atoms with Crippen LogP contribution in [0.1, 0.15) is 25.3 Å². The van der Waals surface area contributed by atoms with Gasteiger partial charge in [0, 0.05) is 39.5 Å². The molecule has 2 rings (SSSR count). The summed E-state index contributed by atoms with van der Waals surface area (Å²) in [7, 11) is 4.12. The fourth-order valence-corrected chi connectivity index (χ4v) is 2.61. The Morgan fingerprint density at radius 1 is 1.25 bits per heavy atom. The number of hydrogen-bond acceptors (Lipinski definition) is 3. The molecule has 1 heterocycles. The van der Waals surface area contributed by atoms with Gasteiger partial charge in [0.1, 0.15) is 0 Å². The molecule has 2 N–H and O–H groups in total. The average Bonchev–Trinajstić information content (AvgIpc) is 3.06. The van der Waals surface area contributed by atoms with Gasteiger partial charge in [0.05, 0.1) is 12.6 Å². The highest BCUT2D eigenvalue weighted by Crippen LogP contribution is 2.13. The highest BCUT2D eigenvalue weighted by atomic mass is 127. The van der Waals surface area contributed by atoms with Gasteiger partial charge in [0.25, 0.3) is 0 Å². The minimum absolute atomic E-state index is 0. The lowest BCUT2D eigenvalue weighted by atomic mass is 10.1. The van der Waals surface area contributed by atoms with Crippen molar-refractivity contribution in [3.05, 3.63) is 29.8 Å². The first-order valence-electron chi connectivity index (χ1n) is 8.59. The Morgan fingerprint density at radius 3 is 2.58 bits per heavy atom. The van der Waals surface area contributed by atoms with Gasteiger partial charge in [-0.25, -0.2) is 0 Å². The summed E-state index contributed by atoms with van der Waals surface area (Å²) in [5, 5.41) is 6.70. The van der Waals surface area contributed by atoms with E-state index in [2.05, 4.69) is 65.8 Å². The molecule has 0 radical (unpaired) electrons. The summed E-state index contributed by atoms with van der Waals surface area (Å²) < 4.78 is 5.62. The first-order valence-corrected chi connectivity index (χ1v) is 8.59. The van der Waals surface area contributed by atoms with Crippen molar-refractivity contribution in [1.82, 2.24) is 10.6 Å². The molecule has 1 aliphatic heterocycles. The number of nitrogens with one attached hydrogen (secondary N) is 2. The van der Waals surface area contributed by atoms with Gasteiger partial charge in [0.2, 0.25) is 0 Å². The lowest BCUT2D eigenvalue weighted by Crippen LogP contribution is -2.38. The summed E-state index contributed by atoms with van der Waals surface area (Å²) in [6, 6.07) is 8.69. The van der Waals surface area contributed by atoms with Gasteiger partial charge < -0.3 is 20.3 Å². The lowest BCUT2D eigenvalue weighted by molar-refractivity contribution is 0.117. The third-order valence-corrected chi connectivity index (χ3v) is 3.98. The van der Waals surface area contributed by atoms with Crippen molar-refractivity contribution in [2.75, 3.05) is 45.2 Å². The maximum atomic E-state index is 5.62. The molecule has 1 unspecified atom stereocenters. The van der Waals surface area contributed by atoms with Crippen LogP contribution >= 0.6 is 24.0 Å². The molecule has 136 valence electrons. The van der Waals surface area contributed by atoms with Gasteiger partial charge in [-0.05, 0) is 43.9 Å². The Bertz CT molecular complexity index is 484. The summed E-state index contributed by atoms with van der Waals surface area (Å²) in [4.78, 5) is 6.74. The second-order valence-corrected chi connectivity index (χ2v) is 6.09. The Kier molecular flexibility index (Phi) is 10.1. The number of hydrogen-bond donors (Lipinski definition) is 2. The van der Waals surface area contributed by atoms with E-state index < -0.39 is 0 Å². The van der Waals surface area contributed by atoms with E-state index in [0.29, 0.717) is 6.10 Å². The molecule has 1 fully saturated rings. The molecule has 24 heavy (non-hydrogen) atoms. The van der Waals surface area contributed by atoms with Crippen LogP contribution in [-0.4, -0.2) is 52.4 Å². The number of anilines is 1. The predicted molar refractivity (Wildman–Crippen MR) is 113 cm³/mol. The maximum absolute atomic E-state index is 5.62. The van der Waals surface area contributed by atoms with Crippen molar-refractivity contribution < 1.29 is 4.74 Å². The molecule has 6 heteroatoms. The van der Waals surface area contributed by atoms with Crippen molar-refractivity contribution in [3.8, 4) is 0 Å². The molecule has 1 aliphatic rings. The zero-order valence-corrected chi connectivity index (χ0v) is 17.4. The first kappa shape index (κ1) is 21.0. The molecule has 5 nitrogen and oxygen atoms in total. The van der Waals surface area contributed by atoms with E-state index in [1.807, 2.05) is 0 Å². The monoisotopic (exact) mass is 446 g/mol.